The molecule has 1 atom stereocenters. The number of rotatable bonds is 3. The van der Waals surface area contributed by atoms with E-state index >= 15 is 0 Å². The largest absolute Gasteiger partial charge is 0.382 e. The van der Waals surface area contributed by atoms with Crippen LogP contribution >= 0.6 is 0 Å². The number of hydrogen-bond donors (Lipinski definition) is 1. The Morgan fingerprint density at radius 2 is 2.08 bits per heavy atom. The molecule has 1 unspecified atom stereocenters. The van der Waals surface area contributed by atoms with Gasteiger partial charge in [-0.3, -0.25) is 4.79 Å². The minimum atomic E-state index is -1.15. The second-order valence-corrected chi connectivity index (χ2v) is 7.73. The van der Waals surface area contributed by atoms with Crippen molar-refractivity contribution in [2.45, 2.75) is 64.1 Å². The first-order chi connectivity index (χ1) is 12.5. The summed E-state index contributed by atoms with van der Waals surface area (Å²) in [6.45, 7) is 5.81. The number of carbonyl (C=O) groups excluding carboxylic acids is 1. The lowest BCUT2D eigenvalue weighted by atomic mass is 9.90. The molecule has 0 aromatic carbocycles. The maximum Gasteiger partial charge on any atom is 0.274 e. The van der Waals surface area contributed by atoms with Crippen LogP contribution in [0.25, 0.3) is 0 Å². The van der Waals surface area contributed by atoms with Crippen molar-refractivity contribution in [1.29, 1.82) is 0 Å². The van der Waals surface area contributed by atoms with Gasteiger partial charge in [0.15, 0.2) is 0 Å². The molecule has 2 aliphatic heterocycles. The standard InChI is InChI=1S/C18H26N6O2/c1-13(2)24-11-15(20-21-24)18(26)7-5-9-23(12-18)17(25)14-10-22-8-4-3-6-16(22)19-14/h10-11,13,26H,3-9,12H2,1-2H3. The topological polar surface area (TPSA) is 89.1 Å². The van der Waals surface area contributed by atoms with Crippen molar-refractivity contribution in [2.75, 3.05) is 13.1 Å². The van der Waals surface area contributed by atoms with Crippen molar-refractivity contribution < 1.29 is 9.90 Å². The Hall–Kier alpha value is -2.22. The zero-order valence-electron chi connectivity index (χ0n) is 15.4. The van der Waals surface area contributed by atoms with E-state index in [-0.39, 0.29) is 18.5 Å². The quantitative estimate of drug-likeness (QED) is 0.898. The number of piperidine rings is 1. The number of aryl methyl sites for hydroxylation is 2. The van der Waals surface area contributed by atoms with Gasteiger partial charge in [0.05, 0.1) is 12.7 Å². The number of nitrogens with zero attached hydrogens (tertiary/aromatic N) is 6. The molecule has 26 heavy (non-hydrogen) atoms. The summed E-state index contributed by atoms with van der Waals surface area (Å²) in [7, 11) is 0. The fraction of sp³-hybridized carbons (Fsp3) is 0.667. The van der Waals surface area contributed by atoms with E-state index in [2.05, 4.69) is 19.9 Å². The number of aliphatic hydroxyl groups is 1. The van der Waals surface area contributed by atoms with Gasteiger partial charge in [-0.25, -0.2) is 9.67 Å². The summed E-state index contributed by atoms with van der Waals surface area (Å²) in [5, 5.41) is 19.4. The third-order valence-electron chi connectivity index (χ3n) is 5.40. The van der Waals surface area contributed by atoms with Gasteiger partial charge in [0, 0.05) is 31.7 Å². The molecule has 4 heterocycles. The van der Waals surface area contributed by atoms with E-state index in [1.165, 1.54) is 0 Å². The highest BCUT2D eigenvalue weighted by atomic mass is 16.3. The molecule has 2 aromatic heterocycles. The third-order valence-corrected chi connectivity index (χ3v) is 5.40. The minimum absolute atomic E-state index is 0.110. The van der Waals surface area contributed by atoms with Gasteiger partial charge in [-0.2, -0.15) is 0 Å². The van der Waals surface area contributed by atoms with Crippen LogP contribution in [-0.4, -0.2) is 53.5 Å². The summed E-state index contributed by atoms with van der Waals surface area (Å²) in [5.74, 6) is 0.882. The second-order valence-electron chi connectivity index (χ2n) is 7.73. The number of fused-ring (bicyclic) bond motifs is 1. The van der Waals surface area contributed by atoms with E-state index < -0.39 is 5.60 Å². The number of hydrogen-bond acceptors (Lipinski definition) is 5. The van der Waals surface area contributed by atoms with E-state index in [4.69, 9.17) is 0 Å². The van der Waals surface area contributed by atoms with Gasteiger partial charge < -0.3 is 14.6 Å². The van der Waals surface area contributed by atoms with E-state index in [1.54, 1.807) is 15.8 Å². The van der Waals surface area contributed by atoms with Crippen molar-refractivity contribution in [3.8, 4) is 0 Å². The monoisotopic (exact) mass is 358 g/mol. The smallest absolute Gasteiger partial charge is 0.274 e. The molecule has 0 saturated carbocycles. The zero-order valence-corrected chi connectivity index (χ0v) is 15.4. The Morgan fingerprint density at radius 3 is 2.81 bits per heavy atom. The normalized spacial score (nSPS) is 23.3. The molecule has 1 amide bonds. The summed E-state index contributed by atoms with van der Waals surface area (Å²) < 4.78 is 3.82. The van der Waals surface area contributed by atoms with Gasteiger partial charge in [0.25, 0.3) is 5.91 Å². The molecule has 0 bridgehead atoms. The van der Waals surface area contributed by atoms with Crippen LogP contribution in [0.5, 0.6) is 0 Å². The lowest BCUT2D eigenvalue weighted by molar-refractivity contribution is -0.0322. The molecular formula is C18H26N6O2. The molecule has 8 heteroatoms. The first-order valence-electron chi connectivity index (χ1n) is 9.46. The van der Waals surface area contributed by atoms with Crippen molar-refractivity contribution in [2.24, 2.45) is 0 Å². The lowest BCUT2D eigenvalue weighted by Gasteiger charge is -2.37. The van der Waals surface area contributed by atoms with Crippen molar-refractivity contribution in [3.63, 3.8) is 0 Å². The van der Waals surface area contributed by atoms with Crippen LogP contribution in [0.15, 0.2) is 12.4 Å². The lowest BCUT2D eigenvalue weighted by Crippen LogP contribution is -2.48. The Bertz CT molecular complexity index is 787. The van der Waals surface area contributed by atoms with Gasteiger partial charge in [0.1, 0.15) is 22.8 Å². The van der Waals surface area contributed by atoms with Crippen molar-refractivity contribution in [1.82, 2.24) is 29.4 Å². The van der Waals surface area contributed by atoms with Crippen LogP contribution in [0.4, 0.5) is 0 Å². The fourth-order valence-electron chi connectivity index (χ4n) is 3.84. The maximum absolute atomic E-state index is 12.9. The third kappa shape index (κ3) is 3.02. The van der Waals surface area contributed by atoms with Crippen molar-refractivity contribution >= 4 is 5.91 Å². The first kappa shape index (κ1) is 17.2. The van der Waals surface area contributed by atoms with Crippen LogP contribution < -0.4 is 0 Å². The number of imidazole rings is 1. The molecule has 8 nitrogen and oxygen atoms in total. The average molecular weight is 358 g/mol. The van der Waals surface area contributed by atoms with Crippen LogP contribution in [0.2, 0.25) is 0 Å². The van der Waals surface area contributed by atoms with Crippen LogP contribution in [0.1, 0.15) is 67.6 Å². The zero-order chi connectivity index (χ0) is 18.3. The van der Waals surface area contributed by atoms with Gasteiger partial charge in [-0.15, -0.1) is 5.10 Å². The predicted octanol–water partition coefficient (Wildman–Crippen LogP) is 1.52. The minimum Gasteiger partial charge on any atom is -0.382 e. The molecule has 2 aliphatic rings. The van der Waals surface area contributed by atoms with Crippen LogP contribution in [0, 0.1) is 0 Å². The maximum atomic E-state index is 12.9. The average Bonchev–Trinajstić information content (AvgIpc) is 3.28. The molecule has 4 rings (SSSR count). The Labute approximate surface area is 152 Å². The Kier molecular flexibility index (Phi) is 4.30. The van der Waals surface area contributed by atoms with Crippen LogP contribution in [0.3, 0.4) is 0 Å². The molecule has 1 saturated heterocycles. The number of carbonyl (C=O) groups is 1. The van der Waals surface area contributed by atoms with E-state index in [0.717, 1.165) is 38.1 Å². The van der Waals surface area contributed by atoms with Crippen molar-refractivity contribution in [3.05, 3.63) is 29.6 Å². The summed E-state index contributed by atoms with van der Waals surface area (Å²) in [4.78, 5) is 19.2. The van der Waals surface area contributed by atoms with E-state index in [1.807, 2.05) is 20.0 Å². The summed E-state index contributed by atoms with van der Waals surface area (Å²) in [6, 6.07) is 0.179. The van der Waals surface area contributed by atoms with Gasteiger partial charge in [0.2, 0.25) is 0 Å². The molecule has 1 N–H and O–H groups in total. The van der Waals surface area contributed by atoms with E-state index in [0.29, 0.717) is 24.4 Å². The van der Waals surface area contributed by atoms with Crippen LogP contribution in [-0.2, 0) is 18.6 Å². The molecule has 2 aromatic rings. The summed E-state index contributed by atoms with van der Waals surface area (Å²) in [5.41, 5.74) is -0.134. The molecule has 0 spiro atoms. The van der Waals surface area contributed by atoms with E-state index in [9.17, 15) is 9.90 Å². The van der Waals surface area contributed by atoms with Gasteiger partial charge in [-0.1, -0.05) is 5.21 Å². The predicted molar refractivity (Wildman–Crippen MR) is 94.6 cm³/mol. The Balaban J connectivity index is 1.53. The first-order valence-corrected chi connectivity index (χ1v) is 9.46. The Morgan fingerprint density at radius 1 is 1.23 bits per heavy atom. The molecule has 0 radical (unpaired) electrons. The highest BCUT2D eigenvalue weighted by Gasteiger charge is 2.40. The fourth-order valence-corrected chi connectivity index (χ4v) is 3.84. The molecule has 0 aliphatic carbocycles. The summed E-state index contributed by atoms with van der Waals surface area (Å²) in [6.07, 6.45) is 8.13. The molecular weight excluding hydrogens is 332 g/mol. The SMILES string of the molecule is CC(C)n1cc(C2(O)CCCN(C(=O)c3cn4c(n3)CCCC4)C2)nn1. The molecule has 140 valence electrons. The van der Waals surface area contributed by atoms with Gasteiger partial charge in [-0.05, 0) is 39.5 Å². The number of β-amino-alcohol motifs (C(OH)–C–C–N with tert-alkyl or cyclic N) is 1. The number of aromatic nitrogens is 5. The number of amides is 1. The highest BCUT2D eigenvalue weighted by molar-refractivity contribution is 5.92. The van der Waals surface area contributed by atoms with Gasteiger partial charge >= 0.3 is 0 Å². The second kappa shape index (κ2) is 6.50. The number of likely N-dealkylation sites (tertiary alicyclic amines) is 1. The molecule has 1 fully saturated rings. The highest BCUT2D eigenvalue weighted by Crippen LogP contribution is 2.31. The summed E-state index contributed by atoms with van der Waals surface area (Å²) >= 11 is 0.